The standard InChI is InChI=1S/C13H20N2O4S/c16-11(7-14-9-20-8-12(14)17)15-4-2-1-3-10(15)13-18-5-6-19-13/h10,13H,1-9H2. The summed E-state index contributed by atoms with van der Waals surface area (Å²) in [6, 6.07) is 0.00380. The van der Waals surface area contributed by atoms with Crippen molar-refractivity contribution in [2.75, 3.05) is 37.9 Å². The van der Waals surface area contributed by atoms with Crippen molar-refractivity contribution in [1.82, 2.24) is 9.80 Å². The average Bonchev–Trinajstić information content (AvgIpc) is 3.11. The Bertz CT molecular complexity index is 387. The van der Waals surface area contributed by atoms with E-state index < -0.39 is 0 Å². The lowest BCUT2D eigenvalue weighted by Gasteiger charge is -2.38. The van der Waals surface area contributed by atoms with Crippen LogP contribution < -0.4 is 0 Å². The Kier molecular flexibility index (Phi) is 4.48. The minimum Gasteiger partial charge on any atom is -0.348 e. The van der Waals surface area contributed by atoms with E-state index >= 15 is 0 Å². The molecule has 0 aromatic carbocycles. The molecule has 1 atom stereocenters. The number of piperidine rings is 1. The molecule has 3 aliphatic rings. The van der Waals surface area contributed by atoms with Gasteiger partial charge >= 0.3 is 0 Å². The number of likely N-dealkylation sites (tertiary alicyclic amines) is 1. The van der Waals surface area contributed by atoms with Crippen molar-refractivity contribution in [3.8, 4) is 0 Å². The van der Waals surface area contributed by atoms with Crippen molar-refractivity contribution >= 4 is 23.6 Å². The maximum Gasteiger partial charge on any atom is 0.242 e. The number of amides is 2. The molecule has 0 aromatic heterocycles. The van der Waals surface area contributed by atoms with Gasteiger partial charge in [-0.2, -0.15) is 0 Å². The third kappa shape index (κ3) is 2.94. The number of hydrogen-bond acceptors (Lipinski definition) is 5. The number of carbonyl (C=O) groups excluding carboxylic acids is 2. The molecule has 3 fully saturated rings. The van der Waals surface area contributed by atoms with Crippen LogP contribution in [0.4, 0.5) is 0 Å². The molecule has 7 heteroatoms. The number of thioether (sulfide) groups is 1. The summed E-state index contributed by atoms with van der Waals surface area (Å²) >= 11 is 1.56. The molecule has 112 valence electrons. The summed E-state index contributed by atoms with van der Waals surface area (Å²) in [6.07, 6.45) is 2.73. The van der Waals surface area contributed by atoms with Crippen molar-refractivity contribution in [1.29, 1.82) is 0 Å². The van der Waals surface area contributed by atoms with E-state index in [1.165, 1.54) is 0 Å². The highest BCUT2D eigenvalue weighted by molar-refractivity contribution is 8.00. The molecule has 6 nitrogen and oxygen atoms in total. The Hall–Kier alpha value is -0.790. The van der Waals surface area contributed by atoms with Crippen LogP contribution in [0, 0.1) is 0 Å². The van der Waals surface area contributed by atoms with Crippen LogP contribution in [0.15, 0.2) is 0 Å². The normalized spacial score (nSPS) is 28.4. The summed E-state index contributed by atoms with van der Waals surface area (Å²) in [4.78, 5) is 27.6. The molecule has 3 aliphatic heterocycles. The predicted octanol–water partition coefficient (Wildman–Crippen LogP) is 0.273. The van der Waals surface area contributed by atoms with Crippen LogP contribution >= 0.6 is 11.8 Å². The lowest BCUT2D eigenvalue weighted by atomic mass is 10.0. The number of carbonyl (C=O) groups is 2. The molecule has 3 rings (SSSR count). The Labute approximate surface area is 122 Å². The van der Waals surface area contributed by atoms with E-state index in [0.29, 0.717) is 24.8 Å². The molecule has 0 saturated carbocycles. The van der Waals surface area contributed by atoms with Crippen molar-refractivity contribution in [2.24, 2.45) is 0 Å². The number of ether oxygens (including phenoxy) is 2. The fourth-order valence-corrected chi connectivity index (χ4v) is 3.85. The molecule has 0 radical (unpaired) electrons. The highest BCUT2D eigenvalue weighted by Crippen LogP contribution is 2.25. The van der Waals surface area contributed by atoms with Gasteiger partial charge in [0.25, 0.3) is 0 Å². The second-order valence-corrected chi connectivity index (χ2v) is 6.28. The van der Waals surface area contributed by atoms with Gasteiger partial charge in [-0.3, -0.25) is 9.59 Å². The maximum absolute atomic E-state index is 12.5. The SMILES string of the molecule is O=C1CSCN1CC(=O)N1CCCCC1C1OCCO1. The smallest absolute Gasteiger partial charge is 0.242 e. The van der Waals surface area contributed by atoms with Crippen LogP contribution in [-0.4, -0.2) is 71.9 Å². The summed E-state index contributed by atoms with van der Waals surface area (Å²) in [5.41, 5.74) is 0. The molecular formula is C13H20N2O4S. The monoisotopic (exact) mass is 300 g/mol. The van der Waals surface area contributed by atoms with Gasteiger partial charge in [0.15, 0.2) is 6.29 Å². The quantitative estimate of drug-likeness (QED) is 0.749. The zero-order chi connectivity index (χ0) is 13.9. The van der Waals surface area contributed by atoms with Crippen molar-refractivity contribution < 1.29 is 19.1 Å². The van der Waals surface area contributed by atoms with Gasteiger partial charge in [-0.25, -0.2) is 0 Å². The van der Waals surface area contributed by atoms with E-state index in [1.807, 2.05) is 4.90 Å². The Morgan fingerprint density at radius 1 is 1.30 bits per heavy atom. The van der Waals surface area contributed by atoms with Gasteiger partial charge < -0.3 is 19.3 Å². The van der Waals surface area contributed by atoms with Crippen LogP contribution in [0.1, 0.15) is 19.3 Å². The Balaban J connectivity index is 1.62. The van der Waals surface area contributed by atoms with Gasteiger partial charge in [0, 0.05) is 6.54 Å². The second-order valence-electron chi connectivity index (χ2n) is 5.33. The highest BCUT2D eigenvalue weighted by Gasteiger charge is 2.37. The zero-order valence-electron chi connectivity index (χ0n) is 11.5. The molecule has 3 saturated heterocycles. The largest absolute Gasteiger partial charge is 0.348 e. The molecular weight excluding hydrogens is 280 g/mol. The second kappa shape index (κ2) is 6.32. The van der Waals surface area contributed by atoms with E-state index in [-0.39, 0.29) is 30.7 Å². The van der Waals surface area contributed by atoms with Gasteiger partial charge in [0.2, 0.25) is 11.8 Å². The first-order chi connectivity index (χ1) is 9.75. The summed E-state index contributed by atoms with van der Waals surface area (Å²) < 4.78 is 11.1. The van der Waals surface area contributed by atoms with Crippen LogP contribution in [0.25, 0.3) is 0 Å². The van der Waals surface area contributed by atoms with Crippen LogP contribution in [0.5, 0.6) is 0 Å². The topological polar surface area (TPSA) is 59.1 Å². The average molecular weight is 300 g/mol. The van der Waals surface area contributed by atoms with Crippen molar-refractivity contribution in [3.05, 3.63) is 0 Å². The van der Waals surface area contributed by atoms with Crippen LogP contribution in [-0.2, 0) is 19.1 Å². The maximum atomic E-state index is 12.5. The first kappa shape index (κ1) is 14.2. The fraction of sp³-hybridized carbons (Fsp3) is 0.846. The number of rotatable bonds is 3. The lowest BCUT2D eigenvalue weighted by molar-refractivity contribution is -0.153. The number of hydrogen-bond donors (Lipinski definition) is 0. The summed E-state index contributed by atoms with van der Waals surface area (Å²) in [5, 5.41) is 0. The lowest BCUT2D eigenvalue weighted by Crippen LogP contribution is -2.53. The molecule has 1 unspecified atom stereocenters. The van der Waals surface area contributed by atoms with Crippen LogP contribution in [0.3, 0.4) is 0 Å². The van der Waals surface area contributed by atoms with Gasteiger partial charge in [0.1, 0.15) is 6.54 Å². The minimum absolute atomic E-state index is 0.00380. The molecule has 0 bridgehead atoms. The molecule has 0 aromatic rings. The minimum atomic E-state index is -0.289. The predicted molar refractivity (Wildman–Crippen MR) is 74.1 cm³/mol. The van der Waals surface area contributed by atoms with Gasteiger partial charge in [-0.1, -0.05) is 0 Å². The molecule has 20 heavy (non-hydrogen) atoms. The molecule has 0 spiro atoms. The number of nitrogens with zero attached hydrogens (tertiary/aromatic N) is 2. The molecule has 0 N–H and O–H groups in total. The van der Waals surface area contributed by atoms with Crippen molar-refractivity contribution in [3.63, 3.8) is 0 Å². The van der Waals surface area contributed by atoms with E-state index in [1.54, 1.807) is 16.7 Å². The first-order valence-corrected chi connectivity index (χ1v) is 8.29. The van der Waals surface area contributed by atoms with E-state index in [0.717, 1.165) is 25.8 Å². The summed E-state index contributed by atoms with van der Waals surface area (Å²) in [6.45, 7) is 2.13. The van der Waals surface area contributed by atoms with Gasteiger partial charge in [-0.15, -0.1) is 11.8 Å². The zero-order valence-corrected chi connectivity index (χ0v) is 12.3. The summed E-state index contributed by atoms with van der Waals surface area (Å²) in [5.74, 6) is 1.19. The molecule has 0 aliphatic carbocycles. The molecule has 3 heterocycles. The van der Waals surface area contributed by atoms with E-state index in [9.17, 15) is 9.59 Å². The van der Waals surface area contributed by atoms with E-state index in [2.05, 4.69) is 0 Å². The molecule has 2 amide bonds. The summed E-state index contributed by atoms with van der Waals surface area (Å²) in [7, 11) is 0. The van der Waals surface area contributed by atoms with Crippen LogP contribution in [0.2, 0.25) is 0 Å². The third-order valence-electron chi connectivity index (χ3n) is 3.98. The first-order valence-electron chi connectivity index (χ1n) is 7.14. The van der Waals surface area contributed by atoms with E-state index in [4.69, 9.17) is 9.47 Å². The fourth-order valence-electron chi connectivity index (χ4n) is 2.94. The highest BCUT2D eigenvalue weighted by atomic mass is 32.2. The van der Waals surface area contributed by atoms with Crippen molar-refractivity contribution in [2.45, 2.75) is 31.6 Å². The van der Waals surface area contributed by atoms with Gasteiger partial charge in [-0.05, 0) is 19.3 Å². The Morgan fingerprint density at radius 3 is 2.80 bits per heavy atom. The Morgan fingerprint density at radius 2 is 2.10 bits per heavy atom. The van der Waals surface area contributed by atoms with Gasteiger partial charge in [0.05, 0.1) is 30.9 Å². The third-order valence-corrected chi connectivity index (χ3v) is 4.93.